The number of oxime groups is 1. The van der Waals surface area contributed by atoms with Crippen LogP contribution in [0.1, 0.15) is 37.7 Å². The molecule has 4 heteroatoms. The van der Waals surface area contributed by atoms with Gasteiger partial charge in [-0.05, 0) is 43.9 Å². The molecule has 1 fully saturated rings. The second-order valence-electron chi connectivity index (χ2n) is 4.86. The summed E-state index contributed by atoms with van der Waals surface area (Å²) in [6.07, 6.45) is 4.79. The lowest BCUT2D eigenvalue weighted by molar-refractivity contribution is 0.0766. The highest BCUT2D eigenvalue weighted by atomic mass is 19.1. The predicted octanol–water partition coefficient (Wildman–Crippen LogP) is 3.10. The fraction of sp³-hybridized carbons (Fsp3) is 0.462. The second-order valence-corrected chi connectivity index (χ2v) is 4.86. The van der Waals surface area contributed by atoms with Crippen LogP contribution in [0.3, 0.4) is 0 Å². The summed E-state index contributed by atoms with van der Waals surface area (Å²) in [5.74, 6) is 0.295. The van der Waals surface area contributed by atoms with Crippen molar-refractivity contribution >= 4 is 5.71 Å². The summed E-state index contributed by atoms with van der Waals surface area (Å²) in [6, 6.07) is 4.36. The van der Waals surface area contributed by atoms with Crippen LogP contribution >= 0.6 is 0 Å². The molecule has 3 nitrogen and oxygen atoms in total. The second kappa shape index (κ2) is 3.72. The highest BCUT2D eigenvalue weighted by molar-refractivity contribution is 6.04. The Balaban J connectivity index is 2.06. The Morgan fingerprint density at radius 2 is 2.06 bits per heavy atom. The van der Waals surface area contributed by atoms with Gasteiger partial charge >= 0.3 is 0 Å². The third-order valence-electron chi connectivity index (χ3n) is 3.70. The molecule has 0 unspecified atom stereocenters. The van der Waals surface area contributed by atoms with Crippen LogP contribution in [0.5, 0.6) is 5.75 Å². The molecule has 1 aliphatic heterocycles. The van der Waals surface area contributed by atoms with Crippen LogP contribution < -0.4 is 4.74 Å². The van der Waals surface area contributed by atoms with Gasteiger partial charge in [0.05, 0.1) is 5.71 Å². The van der Waals surface area contributed by atoms with Gasteiger partial charge in [0, 0.05) is 12.0 Å². The molecule has 1 aromatic rings. The number of benzene rings is 1. The molecular formula is C13H14FNO2. The molecule has 1 N–H and O–H groups in total. The van der Waals surface area contributed by atoms with Crippen LogP contribution in [0.4, 0.5) is 4.39 Å². The third-order valence-corrected chi connectivity index (χ3v) is 3.70. The van der Waals surface area contributed by atoms with Crippen molar-refractivity contribution in [2.45, 2.75) is 37.7 Å². The maximum Gasteiger partial charge on any atom is 0.129 e. The zero-order valence-electron chi connectivity index (χ0n) is 9.45. The number of hydrogen-bond donors (Lipinski definition) is 1. The Hall–Kier alpha value is -1.58. The lowest BCUT2D eigenvalue weighted by Gasteiger charge is -2.35. The van der Waals surface area contributed by atoms with Gasteiger partial charge in [0.15, 0.2) is 0 Å². The standard InChI is InChI=1S/C13H14FNO2/c14-9-3-4-12-10(7-9)11(15-16)8-13(17-12)5-1-2-6-13/h3-4,7,16H,1-2,5-6,8H2/b15-11-. The van der Waals surface area contributed by atoms with Crippen LogP contribution in [0.15, 0.2) is 23.4 Å². The molecular weight excluding hydrogens is 221 g/mol. The lowest BCUT2D eigenvalue weighted by atomic mass is 9.88. The molecule has 0 saturated heterocycles. The summed E-state index contributed by atoms with van der Waals surface area (Å²) in [6.45, 7) is 0. The van der Waals surface area contributed by atoms with Crippen LogP contribution in [-0.4, -0.2) is 16.5 Å². The van der Waals surface area contributed by atoms with Crippen molar-refractivity contribution in [3.63, 3.8) is 0 Å². The maximum atomic E-state index is 13.2. The first-order valence-electron chi connectivity index (χ1n) is 5.92. The minimum atomic E-state index is -0.337. The molecule has 1 heterocycles. The van der Waals surface area contributed by atoms with Crippen LogP contribution in [0.2, 0.25) is 0 Å². The largest absolute Gasteiger partial charge is 0.486 e. The first-order valence-corrected chi connectivity index (χ1v) is 5.92. The quantitative estimate of drug-likeness (QED) is 0.554. The zero-order valence-corrected chi connectivity index (χ0v) is 9.45. The summed E-state index contributed by atoms with van der Waals surface area (Å²) in [4.78, 5) is 0. The number of hydrogen-bond acceptors (Lipinski definition) is 3. The van der Waals surface area contributed by atoms with Crippen LogP contribution in [0.25, 0.3) is 0 Å². The lowest BCUT2D eigenvalue weighted by Crippen LogP contribution is -2.39. The molecule has 0 atom stereocenters. The Morgan fingerprint density at radius 1 is 1.29 bits per heavy atom. The molecule has 0 aromatic heterocycles. The van der Waals surface area contributed by atoms with Crippen molar-refractivity contribution in [3.8, 4) is 5.75 Å². The van der Waals surface area contributed by atoms with E-state index < -0.39 is 0 Å². The van der Waals surface area contributed by atoms with Gasteiger partial charge in [-0.3, -0.25) is 0 Å². The number of fused-ring (bicyclic) bond motifs is 1. The van der Waals surface area contributed by atoms with E-state index in [-0.39, 0.29) is 11.4 Å². The molecule has 0 bridgehead atoms. The van der Waals surface area contributed by atoms with Gasteiger partial charge in [-0.25, -0.2) is 4.39 Å². The Kier molecular flexibility index (Phi) is 2.31. The third kappa shape index (κ3) is 1.68. The summed E-state index contributed by atoms with van der Waals surface area (Å²) >= 11 is 0. The van der Waals surface area contributed by atoms with Crippen LogP contribution in [-0.2, 0) is 0 Å². The zero-order chi connectivity index (χ0) is 11.9. The normalized spacial score (nSPS) is 23.7. The Morgan fingerprint density at radius 3 is 2.76 bits per heavy atom. The molecule has 1 aliphatic carbocycles. The molecule has 0 radical (unpaired) electrons. The van der Waals surface area contributed by atoms with Gasteiger partial charge < -0.3 is 9.94 Å². The van der Waals surface area contributed by atoms with E-state index in [0.717, 1.165) is 25.7 Å². The molecule has 1 aromatic carbocycles. The summed E-state index contributed by atoms with van der Waals surface area (Å²) in [7, 11) is 0. The molecule has 2 aliphatic rings. The average Bonchev–Trinajstić information content (AvgIpc) is 2.77. The van der Waals surface area contributed by atoms with Crippen molar-refractivity contribution in [3.05, 3.63) is 29.6 Å². The van der Waals surface area contributed by atoms with E-state index in [9.17, 15) is 4.39 Å². The first-order chi connectivity index (χ1) is 8.22. The average molecular weight is 235 g/mol. The topological polar surface area (TPSA) is 41.8 Å². The number of rotatable bonds is 0. The minimum Gasteiger partial charge on any atom is -0.486 e. The molecule has 1 spiro atoms. The highest BCUT2D eigenvalue weighted by Crippen LogP contribution is 2.43. The predicted molar refractivity (Wildman–Crippen MR) is 61.2 cm³/mol. The van der Waals surface area contributed by atoms with Crippen molar-refractivity contribution in [2.24, 2.45) is 5.16 Å². The first kappa shape index (κ1) is 10.6. The van der Waals surface area contributed by atoms with E-state index in [1.165, 1.54) is 12.1 Å². The van der Waals surface area contributed by atoms with E-state index in [1.54, 1.807) is 6.07 Å². The van der Waals surface area contributed by atoms with Gasteiger partial charge in [0.1, 0.15) is 17.2 Å². The van der Waals surface area contributed by atoms with Gasteiger partial charge in [0.25, 0.3) is 0 Å². The van der Waals surface area contributed by atoms with Crippen molar-refractivity contribution in [1.82, 2.24) is 0 Å². The van der Waals surface area contributed by atoms with E-state index >= 15 is 0 Å². The molecule has 0 amide bonds. The number of halogens is 1. The number of ether oxygens (including phenoxy) is 1. The van der Waals surface area contributed by atoms with E-state index in [0.29, 0.717) is 23.4 Å². The smallest absolute Gasteiger partial charge is 0.129 e. The van der Waals surface area contributed by atoms with Gasteiger partial charge in [-0.2, -0.15) is 0 Å². The number of nitrogens with zero attached hydrogens (tertiary/aromatic N) is 1. The highest BCUT2D eigenvalue weighted by Gasteiger charge is 2.42. The minimum absolute atomic E-state index is 0.230. The van der Waals surface area contributed by atoms with Gasteiger partial charge in [-0.15, -0.1) is 0 Å². The maximum absolute atomic E-state index is 13.2. The molecule has 1 saturated carbocycles. The van der Waals surface area contributed by atoms with Crippen LogP contribution in [0, 0.1) is 5.82 Å². The van der Waals surface area contributed by atoms with Crippen molar-refractivity contribution in [2.75, 3.05) is 0 Å². The Bertz CT molecular complexity index is 478. The summed E-state index contributed by atoms with van der Waals surface area (Å²) in [5.41, 5.74) is 0.879. The van der Waals surface area contributed by atoms with Crippen molar-refractivity contribution in [1.29, 1.82) is 0 Å². The Labute approximate surface area is 98.9 Å². The van der Waals surface area contributed by atoms with Gasteiger partial charge in [-0.1, -0.05) is 5.16 Å². The fourth-order valence-corrected chi connectivity index (χ4v) is 2.87. The molecule has 90 valence electrons. The fourth-order valence-electron chi connectivity index (χ4n) is 2.87. The van der Waals surface area contributed by atoms with E-state index in [4.69, 9.17) is 9.94 Å². The molecule has 17 heavy (non-hydrogen) atoms. The van der Waals surface area contributed by atoms with E-state index in [1.807, 2.05) is 0 Å². The summed E-state index contributed by atoms with van der Waals surface area (Å²) < 4.78 is 19.2. The summed E-state index contributed by atoms with van der Waals surface area (Å²) in [5, 5.41) is 12.4. The monoisotopic (exact) mass is 235 g/mol. The van der Waals surface area contributed by atoms with Gasteiger partial charge in [0.2, 0.25) is 0 Å². The molecule has 3 rings (SSSR count). The van der Waals surface area contributed by atoms with E-state index in [2.05, 4.69) is 5.16 Å². The van der Waals surface area contributed by atoms with Crippen molar-refractivity contribution < 1.29 is 14.3 Å². The SMILES string of the molecule is O/N=C1/CC2(CCCC2)Oc2ccc(F)cc21.